The number of ether oxygens (including phenoxy) is 1. The van der Waals surface area contributed by atoms with E-state index < -0.39 is 15.9 Å². The Kier molecular flexibility index (Phi) is 6.41. The Morgan fingerprint density at radius 3 is 2.31 bits per heavy atom. The van der Waals surface area contributed by atoms with Crippen molar-refractivity contribution in [1.82, 2.24) is 0 Å². The van der Waals surface area contributed by atoms with Crippen molar-refractivity contribution in [2.75, 3.05) is 36.3 Å². The van der Waals surface area contributed by atoms with Crippen molar-refractivity contribution in [2.45, 2.75) is 6.04 Å². The van der Waals surface area contributed by atoms with Gasteiger partial charge in [0.15, 0.2) is 16.4 Å². The first-order valence-corrected chi connectivity index (χ1v) is 11.2. The minimum Gasteiger partial charge on any atom is -0.482 e. The Morgan fingerprint density at radius 1 is 1.10 bits per heavy atom. The molecule has 0 fully saturated rings. The molecule has 1 atom stereocenters. The van der Waals surface area contributed by atoms with Gasteiger partial charge in [0.2, 0.25) is 0 Å². The standard InChI is InChI=1S/C20H20Cl2N2O4S/c1-23(2)15-4-6-16(7-5-15)24(17-9-10-29(26,27)13-17)20(25)12-28-19-8-3-14(21)11-18(19)22/h3-11,17H,12-13H2,1-2H3. The van der Waals surface area contributed by atoms with Gasteiger partial charge in [0, 0.05) is 35.9 Å². The molecule has 0 aliphatic carbocycles. The van der Waals surface area contributed by atoms with Crippen molar-refractivity contribution in [1.29, 1.82) is 0 Å². The van der Waals surface area contributed by atoms with E-state index in [4.69, 9.17) is 27.9 Å². The van der Waals surface area contributed by atoms with E-state index in [1.807, 2.05) is 31.1 Å². The van der Waals surface area contributed by atoms with Crippen molar-refractivity contribution in [3.8, 4) is 5.75 Å². The van der Waals surface area contributed by atoms with Crippen molar-refractivity contribution in [3.63, 3.8) is 0 Å². The molecule has 0 spiro atoms. The fourth-order valence-electron chi connectivity index (χ4n) is 2.95. The zero-order chi connectivity index (χ0) is 21.2. The van der Waals surface area contributed by atoms with Gasteiger partial charge < -0.3 is 14.5 Å². The molecule has 3 rings (SSSR count). The van der Waals surface area contributed by atoms with Crippen LogP contribution in [-0.4, -0.2) is 46.8 Å². The molecule has 1 aliphatic heterocycles. The smallest absolute Gasteiger partial charge is 0.265 e. The molecule has 0 aromatic heterocycles. The summed E-state index contributed by atoms with van der Waals surface area (Å²) >= 11 is 12.0. The van der Waals surface area contributed by atoms with Crippen LogP contribution in [0.2, 0.25) is 10.0 Å². The zero-order valence-corrected chi connectivity index (χ0v) is 18.2. The number of carbonyl (C=O) groups is 1. The minimum atomic E-state index is -3.34. The minimum absolute atomic E-state index is 0.171. The fourth-order valence-corrected chi connectivity index (χ4v) is 4.68. The van der Waals surface area contributed by atoms with E-state index in [1.54, 1.807) is 24.3 Å². The van der Waals surface area contributed by atoms with Gasteiger partial charge in [-0.05, 0) is 48.5 Å². The van der Waals surface area contributed by atoms with Crippen LogP contribution in [0.25, 0.3) is 0 Å². The molecule has 0 saturated carbocycles. The van der Waals surface area contributed by atoms with Crippen LogP contribution in [0.5, 0.6) is 5.75 Å². The number of hydrogen-bond acceptors (Lipinski definition) is 5. The van der Waals surface area contributed by atoms with E-state index >= 15 is 0 Å². The van der Waals surface area contributed by atoms with Gasteiger partial charge in [0.25, 0.3) is 5.91 Å². The molecule has 2 aromatic carbocycles. The molecular weight excluding hydrogens is 435 g/mol. The van der Waals surface area contributed by atoms with Crippen LogP contribution in [0.1, 0.15) is 0 Å². The first kappa shape index (κ1) is 21.5. The molecule has 0 N–H and O–H groups in total. The second kappa shape index (κ2) is 8.65. The number of hydrogen-bond donors (Lipinski definition) is 0. The summed E-state index contributed by atoms with van der Waals surface area (Å²) in [7, 11) is 0.480. The van der Waals surface area contributed by atoms with Crippen molar-refractivity contribution in [2.24, 2.45) is 0 Å². The molecule has 29 heavy (non-hydrogen) atoms. The monoisotopic (exact) mass is 454 g/mol. The lowest BCUT2D eigenvalue weighted by Crippen LogP contribution is -2.43. The summed E-state index contributed by atoms with van der Waals surface area (Å²) in [6, 6.07) is 11.4. The third-order valence-corrected chi connectivity index (χ3v) is 6.31. The van der Waals surface area contributed by atoms with Crippen LogP contribution in [0, 0.1) is 0 Å². The van der Waals surface area contributed by atoms with E-state index in [0.29, 0.717) is 16.5 Å². The van der Waals surface area contributed by atoms with Gasteiger partial charge in [-0.1, -0.05) is 23.2 Å². The number of anilines is 2. The third-order valence-electron chi connectivity index (χ3n) is 4.40. The van der Waals surface area contributed by atoms with Gasteiger partial charge in [0.1, 0.15) is 5.75 Å². The molecule has 0 bridgehead atoms. The number of nitrogens with zero attached hydrogens (tertiary/aromatic N) is 2. The van der Waals surface area contributed by atoms with Crippen LogP contribution in [0.3, 0.4) is 0 Å². The van der Waals surface area contributed by atoms with E-state index in [-0.39, 0.29) is 23.3 Å². The summed E-state index contributed by atoms with van der Waals surface area (Å²) < 4.78 is 29.4. The number of benzene rings is 2. The highest BCUT2D eigenvalue weighted by Gasteiger charge is 2.31. The number of halogens is 2. The SMILES string of the molecule is CN(C)c1ccc(N(C(=O)COc2ccc(Cl)cc2Cl)C2C=CS(=O)(=O)C2)cc1. The number of carbonyl (C=O) groups excluding carboxylic acids is 1. The summed E-state index contributed by atoms with van der Waals surface area (Å²) in [6.07, 6.45) is 1.52. The number of amides is 1. The highest BCUT2D eigenvalue weighted by atomic mass is 35.5. The molecule has 1 unspecified atom stereocenters. The first-order valence-electron chi connectivity index (χ1n) is 8.74. The molecule has 154 valence electrons. The highest BCUT2D eigenvalue weighted by Crippen LogP contribution is 2.29. The van der Waals surface area contributed by atoms with Crippen molar-refractivity contribution < 1.29 is 17.9 Å². The van der Waals surface area contributed by atoms with Crippen LogP contribution in [-0.2, 0) is 14.6 Å². The van der Waals surface area contributed by atoms with Gasteiger partial charge in [0.05, 0.1) is 16.8 Å². The topological polar surface area (TPSA) is 66.9 Å². The normalized spacial score (nSPS) is 17.2. The molecule has 1 heterocycles. The van der Waals surface area contributed by atoms with Crippen molar-refractivity contribution in [3.05, 3.63) is 64.0 Å². The van der Waals surface area contributed by atoms with Gasteiger partial charge >= 0.3 is 0 Å². The van der Waals surface area contributed by atoms with E-state index in [0.717, 1.165) is 11.1 Å². The van der Waals surface area contributed by atoms with Gasteiger partial charge in [-0.3, -0.25) is 4.79 Å². The van der Waals surface area contributed by atoms with Crippen molar-refractivity contribution >= 4 is 50.3 Å². The summed E-state index contributed by atoms with van der Waals surface area (Å²) in [4.78, 5) is 16.4. The number of rotatable bonds is 6. The van der Waals surface area contributed by atoms with Gasteiger partial charge in [-0.2, -0.15) is 0 Å². The van der Waals surface area contributed by atoms with Gasteiger partial charge in [-0.15, -0.1) is 0 Å². The molecule has 9 heteroatoms. The average molecular weight is 455 g/mol. The van der Waals surface area contributed by atoms with Crippen LogP contribution >= 0.6 is 23.2 Å². The lowest BCUT2D eigenvalue weighted by Gasteiger charge is -2.28. The van der Waals surface area contributed by atoms with Crippen LogP contribution in [0.4, 0.5) is 11.4 Å². The summed E-state index contributed by atoms with van der Waals surface area (Å²) in [5, 5.41) is 1.89. The molecular formula is C20H20Cl2N2O4S. The Bertz CT molecular complexity index is 1040. The highest BCUT2D eigenvalue weighted by molar-refractivity contribution is 7.94. The van der Waals surface area contributed by atoms with E-state index in [1.165, 1.54) is 17.0 Å². The quantitative estimate of drug-likeness (QED) is 0.664. The molecule has 0 radical (unpaired) electrons. The Morgan fingerprint density at radius 2 is 1.76 bits per heavy atom. The molecule has 0 saturated heterocycles. The van der Waals surface area contributed by atoms with Gasteiger partial charge in [-0.25, -0.2) is 8.42 Å². The predicted octanol–water partition coefficient (Wildman–Crippen LogP) is 3.78. The summed E-state index contributed by atoms with van der Waals surface area (Å²) in [6.45, 7) is -0.304. The average Bonchev–Trinajstić information content (AvgIpc) is 3.01. The lowest BCUT2D eigenvalue weighted by molar-refractivity contribution is -0.120. The third kappa shape index (κ3) is 5.23. The Hall–Kier alpha value is -2.22. The zero-order valence-electron chi connectivity index (χ0n) is 15.9. The maximum atomic E-state index is 13.0. The Labute approximate surface area is 180 Å². The second-order valence-electron chi connectivity index (χ2n) is 6.76. The second-order valence-corrected chi connectivity index (χ2v) is 9.54. The molecule has 2 aromatic rings. The number of sulfone groups is 1. The van der Waals surface area contributed by atoms with E-state index in [2.05, 4.69) is 0 Å². The fraction of sp³-hybridized carbons (Fsp3) is 0.250. The predicted molar refractivity (Wildman–Crippen MR) is 117 cm³/mol. The van der Waals surface area contributed by atoms with E-state index in [9.17, 15) is 13.2 Å². The first-order chi connectivity index (χ1) is 13.7. The summed E-state index contributed by atoms with van der Waals surface area (Å²) in [5.41, 5.74) is 1.54. The Balaban J connectivity index is 1.84. The lowest BCUT2D eigenvalue weighted by atomic mass is 10.2. The van der Waals surface area contributed by atoms with Crippen LogP contribution in [0.15, 0.2) is 53.9 Å². The largest absolute Gasteiger partial charge is 0.482 e. The molecule has 6 nitrogen and oxygen atoms in total. The maximum Gasteiger partial charge on any atom is 0.265 e. The summed E-state index contributed by atoms with van der Waals surface area (Å²) in [5.74, 6) is -0.238. The maximum absolute atomic E-state index is 13.0. The van der Waals surface area contributed by atoms with Crippen LogP contribution < -0.4 is 14.5 Å². The molecule has 1 aliphatic rings. The molecule has 1 amide bonds.